The number of nitrogens with zero attached hydrogens (tertiary/aromatic N) is 5. The van der Waals surface area contributed by atoms with Gasteiger partial charge in [0.15, 0.2) is 5.65 Å². The number of aromatic nitrogens is 4. The highest BCUT2D eigenvalue weighted by Crippen LogP contribution is 2.16. The number of anilines is 1. The molecule has 1 fully saturated rings. The molecule has 2 aromatic rings. The molecule has 0 atom stereocenters. The van der Waals surface area contributed by atoms with Gasteiger partial charge in [0.2, 0.25) is 0 Å². The molecule has 96 valence electrons. The number of hydrogen-bond acceptors (Lipinski definition) is 5. The predicted octanol–water partition coefficient (Wildman–Crippen LogP) is 0.832. The molecule has 3 rings (SSSR count). The molecule has 1 saturated heterocycles. The average molecular weight is 247 g/mol. The van der Waals surface area contributed by atoms with Crippen molar-refractivity contribution in [3.63, 3.8) is 0 Å². The van der Waals surface area contributed by atoms with Crippen molar-refractivity contribution < 1.29 is 4.74 Å². The SMILES string of the molecule is CCc1nc(N2CCOCC2)cc2nc(C)nn12. The van der Waals surface area contributed by atoms with E-state index in [4.69, 9.17) is 4.74 Å². The lowest BCUT2D eigenvalue weighted by Gasteiger charge is -2.28. The van der Waals surface area contributed by atoms with Crippen LogP contribution in [0.25, 0.3) is 5.65 Å². The third-order valence-corrected chi connectivity index (χ3v) is 3.14. The topological polar surface area (TPSA) is 55.5 Å². The van der Waals surface area contributed by atoms with Crippen LogP contribution in [0.2, 0.25) is 0 Å². The van der Waals surface area contributed by atoms with Gasteiger partial charge in [0.25, 0.3) is 0 Å². The van der Waals surface area contributed by atoms with Crippen molar-refractivity contribution in [2.75, 3.05) is 31.2 Å². The number of rotatable bonds is 2. The van der Waals surface area contributed by atoms with Crippen LogP contribution < -0.4 is 4.90 Å². The Bertz CT molecular complexity index is 559. The lowest BCUT2D eigenvalue weighted by molar-refractivity contribution is 0.122. The minimum absolute atomic E-state index is 0.764. The van der Waals surface area contributed by atoms with Crippen molar-refractivity contribution in [1.29, 1.82) is 0 Å². The average Bonchev–Trinajstić information content (AvgIpc) is 2.78. The molecule has 0 amide bonds. The summed E-state index contributed by atoms with van der Waals surface area (Å²) in [5.74, 6) is 2.72. The molecule has 0 bridgehead atoms. The second kappa shape index (κ2) is 4.53. The zero-order valence-corrected chi connectivity index (χ0v) is 10.8. The summed E-state index contributed by atoms with van der Waals surface area (Å²) in [5, 5.41) is 4.37. The maximum absolute atomic E-state index is 5.37. The molecule has 6 nitrogen and oxygen atoms in total. The summed E-state index contributed by atoms with van der Waals surface area (Å²) >= 11 is 0. The van der Waals surface area contributed by atoms with Crippen LogP contribution in [-0.2, 0) is 11.2 Å². The third kappa shape index (κ3) is 1.92. The van der Waals surface area contributed by atoms with Crippen LogP contribution in [0.1, 0.15) is 18.6 Å². The van der Waals surface area contributed by atoms with Gasteiger partial charge in [-0.1, -0.05) is 6.92 Å². The van der Waals surface area contributed by atoms with Crippen LogP contribution in [0.15, 0.2) is 6.07 Å². The fraction of sp³-hybridized carbons (Fsp3) is 0.583. The van der Waals surface area contributed by atoms with E-state index in [0.717, 1.165) is 55.8 Å². The lowest BCUT2D eigenvalue weighted by atomic mass is 10.3. The quantitative estimate of drug-likeness (QED) is 0.787. The summed E-state index contributed by atoms with van der Waals surface area (Å²) < 4.78 is 7.20. The van der Waals surface area contributed by atoms with Gasteiger partial charge in [0.05, 0.1) is 13.2 Å². The first-order valence-electron chi connectivity index (χ1n) is 6.34. The first kappa shape index (κ1) is 11.4. The molecule has 1 aliphatic heterocycles. The summed E-state index contributed by atoms with van der Waals surface area (Å²) in [5.41, 5.74) is 0.876. The van der Waals surface area contributed by atoms with Crippen molar-refractivity contribution in [3.05, 3.63) is 17.7 Å². The van der Waals surface area contributed by atoms with E-state index in [2.05, 4.69) is 26.9 Å². The van der Waals surface area contributed by atoms with Gasteiger partial charge in [-0.2, -0.15) is 4.52 Å². The summed E-state index contributed by atoms with van der Waals surface area (Å²) in [4.78, 5) is 11.4. The normalized spacial score (nSPS) is 16.4. The molecule has 0 aromatic carbocycles. The molecular weight excluding hydrogens is 230 g/mol. The second-order valence-electron chi connectivity index (χ2n) is 4.41. The molecule has 0 spiro atoms. The molecule has 3 heterocycles. The number of ether oxygens (including phenoxy) is 1. The Hall–Kier alpha value is -1.69. The molecule has 18 heavy (non-hydrogen) atoms. The van der Waals surface area contributed by atoms with Crippen molar-refractivity contribution in [1.82, 2.24) is 19.6 Å². The highest BCUT2D eigenvalue weighted by Gasteiger charge is 2.15. The Morgan fingerprint density at radius 2 is 2.06 bits per heavy atom. The summed E-state index contributed by atoms with van der Waals surface area (Å²) in [7, 11) is 0. The van der Waals surface area contributed by atoms with Gasteiger partial charge in [-0.25, -0.2) is 9.97 Å². The smallest absolute Gasteiger partial charge is 0.161 e. The Morgan fingerprint density at radius 3 is 2.78 bits per heavy atom. The highest BCUT2D eigenvalue weighted by atomic mass is 16.5. The van der Waals surface area contributed by atoms with E-state index in [0.29, 0.717) is 0 Å². The molecule has 2 aromatic heterocycles. The van der Waals surface area contributed by atoms with Crippen LogP contribution >= 0.6 is 0 Å². The number of morpholine rings is 1. The van der Waals surface area contributed by atoms with Crippen LogP contribution in [0.3, 0.4) is 0 Å². The summed E-state index contributed by atoms with van der Waals surface area (Å²) in [6.07, 6.45) is 0.845. The van der Waals surface area contributed by atoms with E-state index >= 15 is 0 Å². The fourth-order valence-corrected chi connectivity index (χ4v) is 2.23. The van der Waals surface area contributed by atoms with Gasteiger partial charge in [-0.3, -0.25) is 0 Å². The minimum Gasteiger partial charge on any atom is -0.378 e. The monoisotopic (exact) mass is 247 g/mol. The maximum Gasteiger partial charge on any atom is 0.161 e. The van der Waals surface area contributed by atoms with E-state index in [1.807, 2.05) is 17.5 Å². The highest BCUT2D eigenvalue weighted by molar-refractivity contribution is 5.52. The Balaban J connectivity index is 2.06. The molecular formula is C12H17N5O. The van der Waals surface area contributed by atoms with Gasteiger partial charge in [-0.15, -0.1) is 5.10 Å². The van der Waals surface area contributed by atoms with Crippen LogP contribution in [-0.4, -0.2) is 45.9 Å². The van der Waals surface area contributed by atoms with E-state index < -0.39 is 0 Å². The van der Waals surface area contributed by atoms with Crippen molar-refractivity contribution >= 4 is 11.5 Å². The van der Waals surface area contributed by atoms with E-state index in [-0.39, 0.29) is 0 Å². The predicted molar refractivity (Wildman–Crippen MR) is 67.9 cm³/mol. The Labute approximate surface area is 106 Å². The van der Waals surface area contributed by atoms with Gasteiger partial charge < -0.3 is 9.64 Å². The van der Waals surface area contributed by atoms with Crippen molar-refractivity contribution in [2.24, 2.45) is 0 Å². The van der Waals surface area contributed by atoms with Crippen molar-refractivity contribution in [2.45, 2.75) is 20.3 Å². The van der Waals surface area contributed by atoms with Gasteiger partial charge in [-0.05, 0) is 6.92 Å². The standard InChI is InChI=1S/C12H17N5O/c1-3-10-14-11(16-4-6-18-7-5-16)8-12-13-9(2)15-17(10)12/h8H,3-7H2,1-2H3. The van der Waals surface area contributed by atoms with E-state index in [1.165, 1.54) is 0 Å². The van der Waals surface area contributed by atoms with Crippen molar-refractivity contribution in [3.8, 4) is 0 Å². The molecule has 0 radical (unpaired) electrons. The lowest BCUT2D eigenvalue weighted by Crippen LogP contribution is -2.37. The molecule has 0 unspecified atom stereocenters. The minimum atomic E-state index is 0.764. The largest absolute Gasteiger partial charge is 0.378 e. The number of hydrogen-bond donors (Lipinski definition) is 0. The molecule has 0 aliphatic carbocycles. The number of aryl methyl sites for hydroxylation is 2. The van der Waals surface area contributed by atoms with Crippen LogP contribution in [0.4, 0.5) is 5.82 Å². The first-order valence-corrected chi connectivity index (χ1v) is 6.34. The zero-order chi connectivity index (χ0) is 12.5. The molecule has 0 N–H and O–H groups in total. The van der Waals surface area contributed by atoms with Gasteiger partial charge in [0.1, 0.15) is 17.5 Å². The maximum atomic E-state index is 5.37. The fourth-order valence-electron chi connectivity index (χ4n) is 2.23. The van der Waals surface area contributed by atoms with E-state index in [9.17, 15) is 0 Å². The molecule has 0 saturated carbocycles. The summed E-state index contributed by atoms with van der Waals surface area (Å²) in [6, 6.07) is 2.00. The first-order chi connectivity index (χ1) is 8.78. The third-order valence-electron chi connectivity index (χ3n) is 3.14. The summed E-state index contributed by atoms with van der Waals surface area (Å²) in [6.45, 7) is 7.29. The van der Waals surface area contributed by atoms with Gasteiger partial charge in [0, 0.05) is 25.6 Å². The Kier molecular flexibility index (Phi) is 2.87. The molecule has 1 aliphatic rings. The van der Waals surface area contributed by atoms with Gasteiger partial charge >= 0.3 is 0 Å². The molecule has 6 heteroatoms. The van der Waals surface area contributed by atoms with E-state index in [1.54, 1.807) is 0 Å². The van der Waals surface area contributed by atoms with Crippen LogP contribution in [0.5, 0.6) is 0 Å². The second-order valence-corrected chi connectivity index (χ2v) is 4.41. The zero-order valence-electron chi connectivity index (χ0n) is 10.8. The van der Waals surface area contributed by atoms with Crippen LogP contribution in [0, 0.1) is 6.92 Å². The Morgan fingerprint density at radius 1 is 1.28 bits per heavy atom. The number of fused-ring (bicyclic) bond motifs is 1.